The van der Waals surface area contributed by atoms with Gasteiger partial charge in [0.1, 0.15) is 11.9 Å². The number of piperazine rings is 1. The number of benzene rings is 1. The van der Waals surface area contributed by atoms with Crippen LogP contribution in [0.3, 0.4) is 0 Å². The first kappa shape index (κ1) is 18.0. The summed E-state index contributed by atoms with van der Waals surface area (Å²) >= 11 is 0. The van der Waals surface area contributed by atoms with Gasteiger partial charge in [0.25, 0.3) is 0 Å². The van der Waals surface area contributed by atoms with Gasteiger partial charge in [-0.3, -0.25) is 9.59 Å². The first-order chi connectivity index (χ1) is 12.5. The highest BCUT2D eigenvalue weighted by Gasteiger charge is 2.39. The van der Waals surface area contributed by atoms with Crippen molar-refractivity contribution >= 4 is 27.7 Å². The summed E-state index contributed by atoms with van der Waals surface area (Å²) in [5, 5.41) is 5.18. The van der Waals surface area contributed by atoms with E-state index < -0.39 is 27.9 Å². The number of carbonyl (C=O) groups excluding carboxylic acids is 2. The van der Waals surface area contributed by atoms with E-state index in [0.29, 0.717) is 5.82 Å². The van der Waals surface area contributed by atoms with E-state index in [9.17, 15) is 18.0 Å². The molecular weight excluding hydrogens is 356 g/mol. The Hall–Kier alpha value is -2.78. The Morgan fingerprint density at radius 1 is 1.19 bits per heavy atom. The molecule has 0 spiro atoms. The molecule has 0 bridgehead atoms. The molecule has 9 heteroatoms. The molecule has 136 valence electrons. The molecule has 1 aliphatic rings. The van der Waals surface area contributed by atoms with Crippen LogP contribution in [-0.2, 0) is 19.6 Å². The zero-order valence-corrected chi connectivity index (χ0v) is 14.6. The molecule has 1 saturated heterocycles. The van der Waals surface area contributed by atoms with Crippen LogP contribution in [0.25, 0.3) is 0 Å². The number of rotatable bonds is 5. The molecule has 0 saturated carbocycles. The van der Waals surface area contributed by atoms with Crippen LogP contribution in [0.1, 0.15) is 6.42 Å². The minimum Gasteiger partial charge on any atom is -0.353 e. The Morgan fingerprint density at radius 2 is 1.92 bits per heavy atom. The third-order valence-corrected chi connectivity index (χ3v) is 5.87. The molecular formula is C17H18N4O4S. The van der Waals surface area contributed by atoms with Crippen LogP contribution in [0.2, 0.25) is 0 Å². The van der Waals surface area contributed by atoms with E-state index in [1.165, 1.54) is 18.3 Å². The number of pyridine rings is 1. The van der Waals surface area contributed by atoms with Crippen LogP contribution in [0.15, 0.2) is 59.6 Å². The fourth-order valence-corrected chi connectivity index (χ4v) is 4.32. The SMILES string of the molecule is O=C(C[C@H]1C(=O)NCCN1S(=O)(=O)c1ccccc1)Nc1ccccn1. The van der Waals surface area contributed by atoms with Crippen LogP contribution in [0, 0.1) is 0 Å². The highest BCUT2D eigenvalue weighted by atomic mass is 32.2. The van der Waals surface area contributed by atoms with Crippen molar-refractivity contribution < 1.29 is 18.0 Å². The quantitative estimate of drug-likeness (QED) is 0.797. The predicted molar refractivity (Wildman–Crippen MR) is 94.6 cm³/mol. The molecule has 1 atom stereocenters. The molecule has 1 aliphatic heterocycles. The number of nitrogens with one attached hydrogen (secondary N) is 2. The zero-order chi connectivity index (χ0) is 18.6. The summed E-state index contributed by atoms with van der Waals surface area (Å²) in [5.41, 5.74) is 0. The lowest BCUT2D eigenvalue weighted by Crippen LogP contribution is -2.57. The molecule has 26 heavy (non-hydrogen) atoms. The van der Waals surface area contributed by atoms with Crippen LogP contribution in [0.4, 0.5) is 5.82 Å². The molecule has 1 aromatic carbocycles. The third kappa shape index (κ3) is 3.89. The Labute approximate surface area is 151 Å². The molecule has 0 unspecified atom stereocenters. The van der Waals surface area contributed by atoms with E-state index in [-0.39, 0.29) is 24.4 Å². The van der Waals surface area contributed by atoms with Crippen molar-refractivity contribution in [1.82, 2.24) is 14.6 Å². The summed E-state index contributed by atoms with van der Waals surface area (Å²) in [4.78, 5) is 28.6. The summed E-state index contributed by atoms with van der Waals surface area (Å²) < 4.78 is 26.9. The number of amides is 2. The maximum Gasteiger partial charge on any atom is 0.243 e. The average molecular weight is 374 g/mol. The third-order valence-electron chi connectivity index (χ3n) is 3.94. The highest BCUT2D eigenvalue weighted by molar-refractivity contribution is 7.89. The maximum absolute atomic E-state index is 12.9. The van der Waals surface area contributed by atoms with Crippen LogP contribution >= 0.6 is 0 Å². The van der Waals surface area contributed by atoms with Gasteiger partial charge in [0.05, 0.1) is 11.3 Å². The summed E-state index contributed by atoms with van der Waals surface area (Å²) in [7, 11) is -3.89. The number of aromatic nitrogens is 1. The topological polar surface area (TPSA) is 108 Å². The summed E-state index contributed by atoms with van der Waals surface area (Å²) in [6.07, 6.45) is 1.23. The first-order valence-electron chi connectivity index (χ1n) is 8.04. The monoisotopic (exact) mass is 374 g/mol. The number of hydrogen-bond acceptors (Lipinski definition) is 5. The van der Waals surface area contributed by atoms with Crippen molar-refractivity contribution in [2.45, 2.75) is 17.4 Å². The minimum absolute atomic E-state index is 0.0878. The molecule has 3 rings (SSSR count). The molecule has 2 heterocycles. The fraction of sp³-hybridized carbons (Fsp3) is 0.235. The lowest BCUT2D eigenvalue weighted by atomic mass is 10.1. The average Bonchev–Trinajstić information content (AvgIpc) is 2.65. The second-order valence-electron chi connectivity index (χ2n) is 5.70. The van der Waals surface area contributed by atoms with Crippen molar-refractivity contribution in [2.75, 3.05) is 18.4 Å². The van der Waals surface area contributed by atoms with Gasteiger partial charge in [0, 0.05) is 19.3 Å². The van der Waals surface area contributed by atoms with Crippen molar-refractivity contribution in [2.24, 2.45) is 0 Å². The zero-order valence-electron chi connectivity index (χ0n) is 13.8. The van der Waals surface area contributed by atoms with Gasteiger partial charge in [-0.1, -0.05) is 24.3 Å². The van der Waals surface area contributed by atoms with Crippen molar-refractivity contribution in [1.29, 1.82) is 0 Å². The number of hydrogen-bond donors (Lipinski definition) is 2. The van der Waals surface area contributed by atoms with Crippen LogP contribution in [-0.4, -0.2) is 48.7 Å². The largest absolute Gasteiger partial charge is 0.353 e. The second kappa shape index (κ2) is 7.63. The van der Waals surface area contributed by atoms with E-state index >= 15 is 0 Å². The van der Waals surface area contributed by atoms with Crippen LogP contribution in [0.5, 0.6) is 0 Å². The molecule has 2 aromatic rings. The fourth-order valence-electron chi connectivity index (χ4n) is 2.71. The smallest absolute Gasteiger partial charge is 0.243 e. The molecule has 2 amide bonds. The lowest BCUT2D eigenvalue weighted by molar-refractivity contribution is -0.130. The van der Waals surface area contributed by atoms with Gasteiger partial charge in [0.2, 0.25) is 21.8 Å². The number of carbonyl (C=O) groups is 2. The van der Waals surface area contributed by atoms with E-state index in [1.54, 1.807) is 36.4 Å². The van der Waals surface area contributed by atoms with Crippen molar-refractivity contribution in [3.8, 4) is 0 Å². The predicted octanol–water partition coefficient (Wildman–Crippen LogP) is 0.599. The van der Waals surface area contributed by atoms with Crippen LogP contribution < -0.4 is 10.6 Å². The van der Waals surface area contributed by atoms with E-state index in [0.717, 1.165) is 4.31 Å². The maximum atomic E-state index is 12.9. The lowest BCUT2D eigenvalue weighted by Gasteiger charge is -2.33. The van der Waals surface area contributed by atoms with E-state index in [2.05, 4.69) is 15.6 Å². The van der Waals surface area contributed by atoms with Gasteiger partial charge in [-0.2, -0.15) is 4.31 Å². The van der Waals surface area contributed by atoms with Crippen molar-refractivity contribution in [3.05, 3.63) is 54.7 Å². The first-order valence-corrected chi connectivity index (χ1v) is 9.48. The highest BCUT2D eigenvalue weighted by Crippen LogP contribution is 2.21. The standard InChI is InChI=1S/C17H18N4O4S/c22-16(20-15-8-4-5-9-18-15)12-14-17(23)19-10-11-21(14)26(24,25)13-6-2-1-3-7-13/h1-9,14H,10-12H2,(H,19,23)(H,18,20,22)/t14-/m0/s1. The Bertz CT molecular complexity index is 887. The van der Waals surface area contributed by atoms with Gasteiger partial charge in [-0.25, -0.2) is 13.4 Å². The Kier molecular flexibility index (Phi) is 5.29. The Morgan fingerprint density at radius 3 is 2.62 bits per heavy atom. The van der Waals surface area contributed by atoms with Crippen molar-refractivity contribution in [3.63, 3.8) is 0 Å². The summed E-state index contributed by atoms with van der Waals surface area (Å²) in [5.74, 6) is -0.642. The van der Waals surface area contributed by atoms with Gasteiger partial charge in [-0.05, 0) is 24.3 Å². The number of sulfonamides is 1. The number of anilines is 1. The van der Waals surface area contributed by atoms with E-state index in [4.69, 9.17) is 0 Å². The molecule has 2 N–H and O–H groups in total. The number of nitrogens with zero attached hydrogens (tertiary/aromatic N) is 2. The molecule has 0 aliphatic carbocycles. The molecule has 0 radical (unpaired) electrons. The van der Waals surface area contributed by atoms with Gasteiger partial charge in [-0.15, -0.1) is 0 Å². The van der Waals surface area contributed by atoms with Gasteiger partial charge in [0.15, 0.2) is 0 Å². The molecule has 1 fully saturated rings. The molecule has 1 aromatic heterocycles. The summed E-state index contributed by atoms with van der Waals surface area (Å²) in [6, 6.07) is 11.8. The summed E-state index contributed by atoms with van der Waals surface area (Å²) in [6.45, 7) is 0.299. The normalized spacial score (nSPS) is 18.2. The minimum atomic E-state index is -3.89. The Balaban J connectivity index is 1.81. The van der Waals surface area contributed by atoms with Gasteiger partial charge >= 0.3 is 0 Å². The van der Waals surface area contributed by atoms with Gasteiger partial charge < -0.3 is 10.6 Å². The second-order valence-corrected chi connectivity index (χ2v) is 7.59. The van der Waals surface area contributed by atoms with E-state index in [1.807, 2.05) is 0 Å². The molecule has 8 nitrogen and oxygen atoms in total.